The number of nitrogens with two attached hydrogens (primary N) is 1. The van der Waals surface area contributed by atoms with Crippen LogP contribution in [0.3, 0.4) is 0 Å². The maximum Gasteiger partial charge on any atom is 0.263 e. The highest BCUT2D eigenvalue weighted by atomic mass is 32.2. The molecule has 12 heteroatoms. The van der Waals surface area contributed by atoms with Crippen molar-refractivity contribution < 1.29 is 22.7 Å². The van der Waals surface area contributed by atoms with Gasteiger partial charge in [-0.3, -0.25) is 14.3 Å². The molecule has 1 aliphatic rings. The van der Waals surface area contributed by atoms with Crippen LogP contribution in [0.5, 0.6) is 5.75 Å². The number of nitrogens with zero attached hydrogens (tertiary/aromatic N) is 4. The van der Waals surface area contributed by atoms with Crippen LogP contribution in [0.25, 0.3) is 0 Å². The summed E-state index contributed by atoms with van der Waals surface area (Å²) in [5.74, 6) is -0.693. The van der Waals surface area contributed by atoms with E-state index in [4.69, 9.17) is 10.5 Å². The third kappa shape index (κ3) is 5.02. The third-order valence-corrected chi connectivity index (χ3v) is 6.88. The molecule has 0 saturated carbocycles. The van der Waals surface area contributed by atoms with Gasteiger partial charge in [0.25, 0.3) is 15.9 Å². The summed E-state index contributed by atoms with van der Waals surface area (Å²) in [4.78, 5) is 25.5. The Kier molecular flexibility index (Phi) is 7.36. The number of hydrogen-bond acceptors (Lipinski definition) is 7. The van der Waals surface area contributed by atoms with Crippen molar-refractivity contribution in [3.63, 3.8) is 0 Å². The number of aryl methyl sites for hydroxylation is 1. The van der Waals surface area contributed by atoms with Gasteiger partial charge in [-0.25, -0.2) is 8.42 Å². The molecule has 0 atom stereocenters. The molecule has 1 saturated heterocycles. The van der Waals surface area contributed by atoms with Gasteiger partial charge >= 0.3 is 0 Å². The van der Waals surface area contributed by atoms with E-state index >= 15 is 0 Å². The van der Waals surface area contributed by atoms with Crippen molar-refractivity contribution in [1.82, 2.24) is 19.4 Å². The van der Waals surface area contributed by atoms with E-state index in [-0.39, 0.29) is 23.7 Å². The number of piperazine rings is 1. The zero-order valence-corrected chi connectivity index (χ0v) is 19.0. The average Bonchev–Trinajstić information content (AvgIpc) is 3.24. The van der Waals surface area contributed by atoms with E-state index < -0.39 is 28.4 Å². The van der Waals surface area contributed by atoms with Crippen LogP contribution >= 0.6 is 0 Å². The molecule has 2 heterocycles. The Morgan fingerprint density at radius 2 is 1.84 bits per heavy atom. The van der Waals surface area contributed by atoms with Crippen molar-refractivity contribution in [3.8, 4) is 5.75 Å². The molecule has 32 heavy (non-hydrogen) atoms. The lowest BCUT2D eigenvalue weighted by molar-refractivity contribution is -0.117. The molecular formula is C20H28N6O5S. The van der Waals surface area contributed by atoms with E-state index in [1.807, 2.05) is 31.2 Å². The summed E-state index contributed by atoms with van der Waals surface area (Å²) in [5, 5.41) is 6.11. The van der Waals surface area contributed by atoms with Crippen molar-refractivity contribution in [3.05, 3.63) is 36.0 Å². The fraction of sp³-hybridized carbons (Fsp3) is 0.450. The first-order valence-electron chi connectivity index (χ1n) is 10.4. The Balaban J connectivity index is 1.79. The van der Waals surface area contributed by atoms with Crippen LogP contribution in [0.4, 0.5) is 5.69 Å². The normalized spacial score (nSPS) is 14.9. The highest BCUT2D eigenvalue weighted by Gasteiger charge is 2.35. The number of hydrogen-bond donors (Lipinski definition) is 2. The predicted molar refractivity (Wildman–Crippen MR) is 118 cm³/mol. The number of carbonyl (C=O) groups excluding carboxylic acids is 2. The largest absolute Gasteiger partial charge is 0.492 e. The van der Waals surface area contributed by atoms with Crippen LogP contribution in [-0.2, 0) is 21.4 Å². The first-order valence-corrected chi connectivity index (χ1v) is 11.8. The number of benzene rings is 1. The van der Waals surface area contributed by atoms with Crippen molar-refractivity contribution in [1.29, 1.82) is 0 Å². The number of aromatic nitrogens is 2. The fourth-order valence-corrected chi connectivity index (χ4v) is 4.98. The minimum absolute atomic E-state index is 0.114. The minimum atomic E-state index is -4.03. The van der Waals surface area contributed by atoms with Gasteiger partial charge in [-0.15, -0.1) is 0 Å². The molecular weight excluding hydrogens is 436 g/mol. The lowest BCUT2D eigenvalue weighted by Gasteiger charge is -2.35. The second-order valence-electron chi connectivity index (χ2n) is 7.14. The molecule has 0 radical (unpaired) electrons. The van der Waals surface area contributed by atoms with Crippen LogP contribution in [0.1, 0.15) is 24.2 Å². The summed E-state index contributed by atoms with van der Waals surface area (Å²) in [6.45, 7) is 5.58. The molecule has 1 fully saturated rings. The average molecular weight is 465 g/mol. The minimum Gasteiger partial charge on any atom is -0.492 e. The lowest BCUT2D eigenvalue weighted by atomic mass is 10.2. The molecule has 0 bridgehead atoms. The number of carbonyl (C=O) groups is 2. The number of primary amides is 1. The van der Waals surface area contributed by atoms with Crippen LogP contribution in [0, 0.1) is 0 Å². The van der Waals surface area contributed by atoms with E-state index in [0.717, 1.165) is 11.4 Å². The van der Waals surface area contributed by atoms with Crippen molar-refractivity contribution in [2.75, 3.05) is 44.2 Å². The quantitative estimate of drug-likeness (QED) is 0.533. The van der Waals surface area contributed by atoms with E-state index in [2.05, 4.69) is 15.3 Å². The van der Waals surface area contributed by atoms with Crippen molar-refractivity contribution >= 4 is 27.5 Å². The van der Waals surface area contributed by atoms with Crippen LogP contribution in [0.15, 0.2) is 35.5 Å². The van der Waals surface area contributed by atoms with Crippen molar-refractivity contribution in [2.24, 2.45) is 5.73 Å². The molecule has 3 rings (SSSR count). The summed E-state index contributed by atoms with van der Waals surface area (Å²) < 4.78 is 35.0. The molecule has 1 aromatic heterocycles. The SMILES string of the molecule is CCOc1ccccc1N1CCN(S(=O)(=O)c2nn(CC)cc2C(=O)NCC(N)=O)CC1. The lowest BCUT2D eigenvalue weighted by Crippen LogP contribution is -2.49. The van der Waals surface area contributed by atoms with Gasteiger partial charge in [0.15, 0.2) is 0 Å². The first-order chi connectivity index (χ1) is 15.3. The van der Waals surface area contributed by atoms with Gasteiger partial charge in [0.2, 0.25) is 10.9 Å². The van der Waals surface area contributed by atoms with Crippen LogP contribution in [-0.4, -0.2) is 73.6 Å². The van der Waals surface area contributed by atoms with Gasteiger partial charge in [0.1, 0.15) is 5.75 Å². The Hall–Kier alpha value is -3.12. The second kappa shape index (κ2) is 10.0. The van der Waals surface area contributed by atoms with Gasteiger partial charge in [0, 0.05) is 38.9 Å². The zero-order valence-electron chi connectivity index (χ0n) is 18.2. The van der Waals surface area contributed by atoms with E-state index in [0.29, 0.717) is 26.2 Å². The van der Waals surface area contributed by atoms with Gasteiger partial charge in [-0.1, -0.05) is 12.1 Å². The molecule has 1 aliphatic heterocycles. The molecule has 174 valence electrons. The highest BCUT2D eigenvalue weighted by Crippen LogP contribution is 2.30. The molecule has 1 aromatic carbocycles. The zero-order chi connectivity index (χ0) is 23.3. The fourth-order valence-electron chi connectivity index (χ4n) is 3.46. The summed E-state index contributed by atoms with van der Waals surface area (Å²) in [7, 11) is -4.03. The highest BCUT2D eigenvalue weighted by molar-refractivity contribution is 7.89. The first kappa shape index (κ1) is 23.5. The topological polar surface area (TPSA) is 140 Å². The number of nitrogens with one attached hydrogen (secondary N) is 1. The number of anilines is 1. The third-order valence-electron chi connectivity index (χ3n) is 5.05. The second-order valence-corrected chi connectivity index (χ2v) is 9.00. The standard InChI is InChI=1S/C20H28N6O5S/c1-3-25-14-15(19(28)22-13-18(21)27)20(23-25)32(29,30)26-11-9-24(10-12-26)16-7-5-6-8-17(16)31-4-2/h5-8,14H,3-4,9-13H2,1-2H3,(H2,21,27)(H,22,28). The van der Waals surface area contributed by atoms with Crippen molar-refractivity contribution in [2.45, 2.75) is 25.4 Å². The predicted octanol–water partition coefficient (Wildman–Crippen LogP) is 0.0277. The van der Waals surface area contributed by atoms with Gasteiger partial charge in [-0.05, 0) is 26.0 Å². The molecule has 0 aliphatic carbocycles. The van der Waals surface area contributed by atoms with E-state index in [1.165, 1.54) is 15.2 Å². The Morgan fingerprint density at radius 3 is 2.47 bits per heavy atom. The molecule has 0 spiro atoms. The Morgan fingerprint density at radius 1 is 1.16 bits per heavy atom. The maximum atomic E-state index is 13.3. The number of sulfonamides is 1. The van der Waals surface area contributed by atoms with Gasteiger partial charge in [0.05, 0.1) is 24.4 Å². The molecule has 11 nitrogen and oxygen atoms in total. The monoisotopic (exact) mass is 464 g/mol. The molecule has 2 amide bonds. The number of rotatable bonds is 9. The maximum absolute atomic E-state index is 13.3. The molecule has 3 N–H and O–H groups in total. The summed E-state index contributed by atoms with van der Waals surface area (Å²) in [6, 6.07) is 7.63. The Labute approximate surface area is 187 Å². The summed E-state index contributed by atoms with van der Waals surface area (Å²) >= 11 is 0. The van der Waals surface area contributed by atoms with Gasteiger partial charge in [-0.2, -0.15) is 9.40 Å². The summed E-state index contributed by atoms with van der Waals surface area (Å²) in [6.07, 6.45) is 1.36. The Bertz CT molecular complexity index is 1080. The number of ether oxygens (including phenoxy) is 1. The molecule has 2 aromatic rings. The molecule has 0 unspecified atom stereocenters. The van der Waals surface area contributed by atoms with Crippen LogP contribution < -0.4 is 20.7 Å². The van der Waals surface area contributed by atoms with E-state index in [1.54, 1.807) is 6.92 Å². The summed E-state index contributed by atoms with van der Waals surface area (Å²) in [5.41, 5.74) is 5.86. The van der Waals surface area contributed by atoms with Crippen LogP contribution in [0.2, 0.25) is 0 Å². The van der Waals surface area contributed by atoms with Gasteiger partial charge < -0.3 is 20.7 Å². The number of para-hydroxylation sites is 2. The van der Waals surface area contributed by atoms with E-state index in [9.17, 15) is 18.0 Å². The smallest absolute Gasteiger partial charge is 0.263 e. The number of amides is 2.